The van der Waals surface area contributed by atoms with Gasteiger partial charge < -0.3 is 5.32 Å². The molecule has 3 fully saturated rings. The largest absolute Gasteiger partial charge is 0.338 e. The van der Waals surface area contributed by atoms with Gasteiger partial charge in [0.1, 0.15) is 5.82 Å². The number of carbonyl (C=O) groups is 1. The Morgan fingerprint density at radius 2 is 2.07 bits per heavy atom. The van der Waals surface area contributed by atoms with Crippen LogP contribution >= 0.6 is 0 Å². The topological polar surface area (TPSA) is 44.7 Å². The summed E-state index contributed by atoms with van der Waals surface area (Å²) < 4.78 is 14.4. The lowest BCUT2D eigenvalue weighted by molar-refractivity contribution is -0.113. The predicted molar refractivity (Wildman–Crippen MR) is 114 cm³/mol. The van der Waals surface area contributed by atoms with Gasteiger partial charge in [-0.3, -0.25) is 0 Å². The highest BCUT2D eigenvalue weighted by atomic mass is 19.1. The molecule has 1 aromatic rings. The van der Waals surface area contributed by atoms with E-state index in [9.17, 15) is 9.18 Å². The second-order valence-electron chi connectivity index (χ2n) is 9.86. The number of rotatable bonds is 5. The van der Waals surface area contributed by atoms with Crippen molar-refractivity contribution < 1.29 is 9.18 Å². The van der Waals surface area contributed by atoms with Crippen molar-refractivity contribution in [2.24, 2.45) is 28.3 Å². The van der Waals surface area contributed by atoms with Crippen molar-refractivity contribution in [3.63, 3.8) is 0 Å². The summed E-state index contributed by atoms with van der Waals surface area (Å²) in [5.74, 6) is 1.49. The van der Waals surface area contributed by atoms with Crippen LogP contribution < -0.4 is 5.32 Å². The molecule has 5 atom stereocenters. The first-order chi connectivity index (χ1) is 13.8. The summed E-state index contributed by atoms with van der Waals surface area (Å²) in [6.45, 7) is 9.56. The molecule has 3 aliphatic carbocycles. The molecule has 5 rings (SSSR count). The minimum Gasteiger partial charge on any atom is -0.333 e. The van der Waals surface area contributed by atoms with E-state index >= 15 is 0 Å². The second-order valence-corrected chi connectivity index (χ2v) is 9.86. The molecule has 2 bridgehead atoms. The molecule has 1 N–H and O–H groups in total. The molecule has 158 valence electrons. The Balaban J connectivity index is 1.46. The normalized spacial score (nSPS) is 32.5. The Labute approximate surface area is 173 Å². The van der Waals surface area contributed by atoms with Crippen molar-refractivity contribution in [2.75, 3.05) is 6.54 Å². The number of benzene rings is 1. The smallest absolute Gasteiger partial charge is 0.333 e. The number of nitrogens with one attached hydrogen (secondary N) is 1. The van der Waals surface area contributed by atoms with E-state index in [4.69, 9.17) is 0 Å². The first kappa shape index (κ1) is 20.4. The molecule has 0 radical (unpaired) electrons. The van der Waals surface area contributed by atoms with Gasteiger partial charge in [0, 0.05) is 17.7 Å². The number of unbranched alkanes of at least 4 members (excludes halogenated alkanes) is 1. The molecular formula is C24H34FN3O. The lowest BCUT2D eigenvalue weighted by atomic mass is 9.45. The van der Waals surface area contributed by atoms with Crippen molar-refractivity contribution in [3.05, 3.63) is 35.6 Å². The minimum atomic E-state index is -0.216. The maximum absolute atomic E-state index is 14.4. The fourth-order valence-corrected chi connectivity index (χ4v) is 5.86. The molecular weight excluding hydrogens is 365 g/mol. The Bertz CT molecular complexity index is 805. The molecule has 4 nitrogen and oxygen atoms in total. The Kier molecular flexibility index (Phi) is 5.43. The second kappa shape index (κ2) is 7.73. The zero-order chi connectivity index (χ0) is 20.8. The van der Waals surface area contributed by atoms with E-state index in [0.29, 0.717) is 35.3 Å². The van der Waals surface area contributed by atoms with Gasteiger partial charge in [0.15, 0.2) is 0 Å². The highest BCUT2D eigenvalue weighted by Crippen LogP contribution is 2.61. The van der Waals surface area contributed by atoms with E-state index in [1.54, 1.807) is 11.1 Å². The number of nitrogens with zero attached hydrogens (tertiary/aromatic N) is 2. The number of halogens is 1. The first-order valence-corrected chi connectivity index (χ1v) is 11.2. The van der Waals surface area contributed by atoms with E-state index in [1.165, 1.54) is 12.5 Å². The zero-order valence-electron chi connectivity index (χ0n) is 18.1. The molecule has 3 unspecified atom stereocenters. The van der Waals surface area contributed by atoms with E-state index in [1.807, 2.05) is 12.1 Å². The number of amides is 2. The van der Waals surface area contributed by atoms with Crippen LogP contribution in [0.2, 0.25) is 0 Å². The maximum atomic E-state index is 14.4. The third kappa shape index (κ3) is 3.57. The van der Waals surface area contributed by atoms with Gasteiger partial charge in [-0.2, -0.15) is 5.10 Å². The van der Waals surface area contributed by atoms with Crippen LogP contribution in [0.15, 0.2) is 29.4 Å². The molecule has 2 amide bonds. The number of hydrazone groups is 1. The molecule has 1 aliphatic heterocycles. The Hall–Kier alpha value is -1.91. The van der Waals surface area contributed by atoms with Crippen LogP contribution in [0.1, 0.15) is 71.3 Å². The van der Waals surface area contributed by atoms with E-state index in [2.05, 4.69) is 38.1 Å². The van der Waals surface area contributed by atoms with E-state index in [0.717, 1.165) is 31.4 Å². The highest BCUT2D eigenvalue weighted by Gasteiger charge is 2.56. The average Bonchev–Trinajstić information content (AvgIpc) is 3.11. The van der Waals surface area contributed by atoms with E-state index in [-0.39, 0.29) is 23.8 Å². The summed E-state index contributed by atoms with van der Waals surface area (Å²) in [6.07, 6.45) is 5.19. The van der Waals surface area contributed by atoms with Gasteiger partial charge in [0.25, 0.3) is 0 Å². The van der Waals surface area contributed by atoms with Crippen molar-refractivity contribution in [2.45, 2.75) is 71.8 Å². The number of urea groups is 1. The number of fused-ring (bicyclic) bond motifs is 2. The van der Waals surface area contributed by atoms with Gasteiger partial charge in [-0.05, 0) is 60.5 Å². The van der Waals surface area contributed by atoms with Gasteiger partial charge in [-0.15, -0.1) is 0 Å². The van der Waals surface area contributed by atoms with Crippen LogP contribution in [0.25, 0.3) is 0 Å². The van der Waals surface area contributed by atoms with Crippen molar-refractivity contribution in [1.82, 2.24) is 10.3 Å². The van der Waals surface area contributed by atoms with Gasteiger partial charge >= 0.3 is 6.03 Å². The van der Waals surface area contributed by atoms with E-state index < -0.39 is 0 Å². The fourth-order valence-electron chi connectivity index (χ4n) is 5.86. The van der Waals surface area contributed by atoms with Crippen LogP contribution in [-0.2, 0) is 0 Å². The quantitative estimate of drug-likeness (QED) is 0.693. The summed E-state index contributed by atoms with van der Waals surface area (Å²) in [5.41, 5.74) is 1.97. The summed E-state index contributed by atoms with van der Waals surface area (Å²) in [6, 6.07) is 6.96. The lowest BCUT2D eigenvalue weighted by Crippen LogP contribution is -2.61. The van der Waals surface area contributed by atoms with Crippen LogP contribution in [0.3, 0.4) is 0 Å². The SMILES string of the molecule is CCCCC1=NN(C(=O)N[C@H]2CC3CC([C@@H]2C)C3(C)C)CC1c1ccccc1F. The van der Waals surface area contributed by atoms with Crippen molar-refractivity contribution in [3.8, 4) is 0 Å². The molecule has 0 saturated heterocycles. The highest BCUT2D eigenvalue weighted by molar-refractivity contribution is 5.94. The summed E-state index contributed by atoms with van der Waals surface area (Å²) >= 11 is 0. The summed E-state index contributed by atoms with van der Waals surface area (Å²) in [7, 11) is 0. The predicted octanol–water partition coefficient (Wildman–Crippen LogP) is 5.55. The van der Waals surface area contributed by atoms with Gasteiger partial charge in [0.05, 0.1) is 6.54 Å². The number of carbonyl (C=O) groups excluding carboxylic acids is 1. The summed E-state index contributed by atoms with van der Waals surface area (Å²) in [4.78, 5) is 13.0. The Morgan fingerprint density at radius 1 is 1.31 bits per heavy atom. The Morgan fingerprint density at radius 3 is 2.72 bits per heavy atom. The van der Waals surface area contributed by atoms with Gasteiger partial charge in [-0.25, -0.2) is 14.2 Å². The lowest BCUT2D eigenvalue weighted by Gasteiger charge is -2.62. The third-order valence-corrected chi connectivity index (χ3v) is 7.97. The molecule has 0 aromatic heterocycles. The molecule has 3 saturated carbocycles. The molecule has 29 heavy (non-hydrogen) atoms. The third-order valence-electron chi connectivity index (χ3n) is 7.97. The molecule has 1 heterocycles. The molecule has 4 aliphatic rings. The van der Waals surface area contributed by atoms with Crippen molar-refractivity contribution >= 4 is 11.7 Å². The minimum absolute atomic E-state index is 0.131. The van der Waals surface area contributed by atoms with Crippen LogP contribution in [0.4, 0.5) is 9.18 Å². The molecule has 5 heteroatoms. The van der Waals surface area contributed by atoms with Crippen LogP contribution in [0.5, 0.6) is 0 Å². The molecule has 0 spiro atoms. The van der Waals surface area contributed by atoms with Gasteiger partial charge in [0.2, 0.25) is 0 Å². The number of hydrogen-bond acceptors (Lipinski definition) is 2. The average molecular weight is 400 g/mol. The van der Waals surface area contributed by atoms with Crippen LogP contribution in [0, 0.1) is 29.0 Å². The molecule has 1 aromatic carbocycles. The maximum Gasteiger partial charge on any atom is 0.338 e. The van der Waals surface area contributed by atoms with Crippen molar-refractivity contribution in [1.29, 1.82) is 0 Å². The van der Waals surface area contributed by atoms with Gasteiger partial charge in [-0.1, -0.05) is 52.3 Å². The monoisotopic (exact) mass is 399 g/mol. The number of hydrogen-bond donors (Lipinski definition) is 1. The summed E-state index contributed by atoms with van der Waals surface area (Å²) in [5, 5.41) is 9.45. The fraction of sp³-hybridized carbons (Fsp3) is 0.667. The zero-order valence-corrected chi connectivity index (χ0v) is 18.1. The first-order valence-electron chi connectivity index (χ1n) is 11.2. The van der Waals surface area contributed by atoms with Crippen LogP contribution in [-0.4, -0.2) is 29.3 Å². The standard InChI is InChI=1S/C24H34FN3O/c1-5-6-11-21-18(17-9-7-8-10-20(17)25)14-28(27-21)23(29)26-22-13-16-12-19(15(22)2)24(16,3)4/h7-10,15-16,18-19,22H,5-6,11-14H2,1-4H3,(H,26,29)/t15-,16?,18?,19?,22-/m0/s1.